The molecule has 1 rings (SSSR count). The second kappa shape index (κ2) is 4.80. The van der Waals surface area contributed by atoms with Crippen molar-refractivity contribution in [3.63, 3.8) is 0 Å². The van der Waals surface area contributed by atoms with Crippen LogP contribution in [0, 0.1) is 11.3 Å². The lowest BCUT2D eigenvalue weighted by Gasteiger charge is -2.21. The second-order valence-electron chi connectivity index (χ2n) is 5.01. The van der Waals surface area contributed by atoms with E-state index in [0.717, 1.165) is 0 Å². The van der Waals surface area contributed by atoms with E-state index in [1.807, 2.05) is 0 Å². The van der Waals surface area contributed by atoms with E-state index in [0.29, 0.717) is 19.5 Å². The van der Waals surface area contributed by atoms with Crippen molar-refractivity contribution in [2.75, 3.05) is 13.1 Å². The maximum Gasteiger partial charge on any atom is 0.330 e. The molecule has 1 aliphatic heterocycles. The van der Waals surface area contributed by atoms with Gasteiger partial charge in [-0.2, -0.15) is 0 Å². The van der Waals surface area contributed by atoms with Crippen LogP contribution in [0.2, 0.25) is 0 Å². The van der Waals surface area contributed by atoms with Gasteiger partial charge in [0, 0.05) is 13.1 Å². The Kier molecular flexibility index (Phi) is 3.88. The molecule has 3 N–H and O–H groups in total. The topological polar surface area (TPSA) is 84.7 Å². The molecule has 1 aliphatic rings. The Morgan fingerprint density at radius 2 is 2.06 bits per heavy atom. The largest absolute Gasteiger partial charge is 0.367 e. The van der Waals surface area contributed by atoms with Crippen molar-refractivity contribution >= 4 is 11.9 Å². The van der Waals surface area contributed by atoms with E-state index >= 15 is 0 Å². The van der Waals surface area contributed by atoms with Crippen LogP contribution in [0.15, 0.2) is 0 Å². The van der Waals surface area contributed by atoms with Gasteiger partial charge in [-0.1, -0.05) is 0 Å². The predicted molar refractivity (Wildman–Crippen MR) is 57.6 cm³/mol. The van der Waals surface area contributed by atoms with Gasteiger partial charge in [-0.3, -0.25) is 10.2 Å². The summed E-state index contributed by atoms with van der Waals surface area (Å²) in [6, 6.07) is 0. The lowest BCUT2D eigenvalue weighted by atomic mass is 9.98. The maximum absolute atomic E-state index is 11.6. The summed E-state index contributed by atoms with van der Waals surface area (Å²) >= 11 is 0. The average Bonchev–Trinajstić information content (AvgIpc) is 2.63. The number of hydroxylamine groups is 2. The molecule has 1 fully saturated rings. The zero-order valence-electron chi connectivity index (χ0n) is 9.95. The van der Waals surface area contributed by atoms with Crippen molar-refractivity contribution in [2.24, 2.45) is 17.2 Å². The summed E-state index contributed by atoms with van der Waals surface area (Å²) in [6.45, 7) is 6.34. The summed E-state index contributed by atoms with van der Waals surface area (Å²) in [4.78, 5) is 28.0. The highest BCUT2D eigenvalue weighted by atomic mass is 16.7. The second-order valence-corrected chi connectivity index (χ2v) is 5.01. The summed E-state index contributed by atoms with van der Waals surface area (Å²) in [5.41, 5.74) is 1.57. The van der Waals surface area contributed by atoms with Crippen molar-refractivity contribution in [1.29, 1.82) is 0 Å². The summed E-state index contributed by atoms with van der Waals surface area (Å²) in [7, 11) is 0. The summed E-state index contributed by atoms with van der Waals surface area (Å²) in [5, 5.41) is 1.52. The van der Waals surface area contributed by atoms with E-state index in [-0.39, 0.29) is 17.8 Å². The Labute approximate surface area is 95.0 Å². The number of nitrogens with two attached hydrogens (primary N) is 1. The molecule has 0 saturated carbocycles. The van der Waals surface area contributed by atoms with E-state index < -0.39 is 5.41 Å². The number of nitrogens with zero attached hydrogens (tertiary/aromatic N) is 1. The first-order valence-corrected chi connectivity index (χ1v) is 5.32. The van der Waals surface area contributed by atoms with Crippen molar-refractivity contribution in [3.05, 3.63) is 0 Å². The minimum atomic E-state index is -0.534. The number of amides is 1. The molecular formula is C10H19N3O3. The van der Waals surface area contributed by atoms with E-state index in [2.05, 4.69) is 5.43 Å². The van der Waals surface area contributed by atoms with Crippen LogP contribution in [0.5, 0.6) is 0 Å². The van der Waals surface area contributed by atoms with Crippen LogP contribution in [-0.2, 0) is 14.4 Å². The number of rotatable bonds is 2. The molecule has 0 aliphatic carbocycles. The quantitative estimate of drug-likeness (QED) is 0.389. The summed E-state index contributed by atoms with van der Waals surface area (Å²) in [5.74, 6) is 4.34. The summed E-state index contributed by atoms with van der Waals surface area (Å²) in [6.07, 6.45) is 0.653. The zero-order valence-corrected chi connectivity index (χ0v) is 9.95. The van der Waals surface area contributed by atoms with Crippen LogP contribution in [0.25, 0.3) is 0 Å². The number of hydrogen-bond donors (Lipinski definition) is 2. The predicted octanol–water partition coefficient (Wildman–Crippen LogP) is -0.197. The van der Waals surface area contributed by atoms with Gasteiger partial charge in [-0.25, -0.2) is 10.6 Å². The molecule has 0 spiro atoms. The Balaban J connectivity index is 2.43. The van der Waals surface area contributed by atoms with Gasteiger partial charge in [0.05, 0.1) is 11.3 Å². The van der Waals surface area contributed by atoms with E-state index in [1.165, 1.54) is 5.06 Å². The molecule has 1 atom stereocenters. The van der Waals surface area contributed by atoms with Crippen LogP contribution in [-0.4, -0.2) is 30.0 Å². The maximum atomic E-state index is 11.6. The molecule has 92 valence electrons. The van der Waals surface area contributed by atoms with Gasteiger partial charge < -0.3 is 4.84 Å². The molecule has 0 radical (unpaired) electrons. The van der Waals surface area contributed by atoms with Crippen LogP contribution in [0.3, 0.4) is 0 Å². The van der Waals surface area contributed by atoms with Crippen LogP contribution in [0.1, 0.15) is 27.2 Å². The molecule has 6 heteroatoms. The zero-order chi connectivity index (χ0) is 12.3. The Morgan fingerprint density at radius 1 is 1.44 bits per heavy atom. The highest BCUT2D eigenvalue weighted by Crippen LogP contribution is 2.21. The third-order valence-electron chi connectivity index (χ3n) is 2.49. The number of hydrazine groups is 1. The van der Waals surface area contributed by atoms with Crippen molar-refractivity contribution in [2.45, 2.75) is 27.2 Å². The fourth-order valence-electron chi connectivity index (χ4n) is 1.40. The molecule has 1 saturated heterocycles. The van der Waals surface area contributed by atoms with Crippen molar-refractivity contribution in [3.8, 4) is 0 Å². The van der Waals surface area contributed by atoms with E-state index in [4.69, 9.17) is 10.7 Å². The van der Waals surface area contributed by atoms with Crippen LogP contribution >= 0.6 is 0 Å². The first-order valence-electron chi connectivity index (χ1n) is 5.32. The first kappa shape index (κ1) is 12.9. The third kappa shape index (κ3) is 3.18. The molecule has 6 nitrogen and oxygen atoms in total. The number of carbonyl (C=O) groups excluding carboxylic acids is 2. The van der Waals surface area contributed by atoms with Gasteiger partial charge in [-0.15, -0.1) is 5.06 Å². The molecule has 0 aromatic carbocycles. The van der Waals surface area contributed by atoms with Crippen molar-refractivity contribution in [1.82, 2.24) is 10.5 Å². The van der Waals surface area contributed by atoms with E-state index in [9.17, 15) is 9.59 Å². The molecular weight excluding hydrogens is 210 g/mol. The summed E-state index contributed by atoms with van der Waals surface area (Å²) < 4.78 is 0. The third-order valence-corrected chi connectivity index (χ3v) is 2.49. The minimum Gasteiger partial charge on any atom is -0.367 e. The lowest BCUT2D eigenvalue weighted by molar-refractivity contribution is -0.196. The van der Waals surface area contributed by atoms with Gasteiger partial charge in [0.15, 0.2) is 0 Å². The lowest BCUT2D eigenvalue weighted by Crippen LogP contribution is -2.38. The number of nitrogens with one attached hydrogen (secondary N) is 1. The Morgan fingerprint density at radius 3 is 2.56 bits per heavy atom. The smallest absolute Gasteiger partial charge is 0.330 e. The standard InChI is InChI=1S/C10H19N3O3/c1-10(2,3)9(15)16-13-5-4-7(6-13)8(14)12-11/h7H,4-6,11H2,1-3H3,(H,12,14). The molecule has 1 amide bonds. The average molecular weight is 229 g/mol. The van der Waals surface area contributed by atoms with Gasteiger partial charge in [-0.05, 0) is 27.2 Å². The van der Waals surface area contributed by atoms with Crippen LogP contribution < -0.4 is 11.3 Å². The fourth-order valence-corrected chi connectivity index (χ4v) is 1.40. The monoisotopic (exact) mass is 229 g/mol. The first-order chi connectivity index (χ1) is 7.34. The minimum absolute atomic E-state index is 0.197. The van der Waals surface area contributed by atoms with E-state index in [1.54, 1.807) is 20.8 Å². The SMILES string of the molecule is CC(C)(C)C(=O)ON1CCC(C(=O)NN)C1. The molecule has 1 heterocycles. The molecule has 0 aromatic heterocycles. The van der Waals surface area contributed by atoms with Gasteiger partial charge in [0.1, 0.15) is 0 Å². The van der Waals surface area contributed by atoms with Gasteiger partial charge in [0.2, 0.25) is 5.91 Å². The van der Waals surface area contributed by atoms with Crippen molar-refractivity contribution < 1.29 is 14.4 Å². The number of carbonyl (C=O) groups is 2. The number of hydrogen-bond acceptors (Lipinski definition) is 5. The normalized spacial score (nSPS) is 21.9. The highest BCUT2D eigenvalue weighted by Gasteiger charge is 2.33. The Hall–Kier alpha value is -1.14. The molecule has 1 unspecified atom stereocenters. The van der Waals surface area contributed by atoms with Gasteiger partial charge in [0.25, 0.3) is 0 Å². The highest BCUT2D eigenvalue weighted by molar-refractivity contribution is 5.78. The molecule has 0 bridgehead atoms. The van der Waals surface area contributed by atoms with Crippen LogP contribution in [0.4, 0.5) is 0 Å². The molecule has 0 aromatic rings. The van der Waals surface area contributed by atoms with Gasteiger partial charge >= 0.3 is 5.97 Å². The molecule has 16 heavy (non-hydrogen) atoms. The Bertz CT molecular complexity index is 286. The fraction of sp³-hybridized carbons (Fsp3) is 0.800.